The molecule has 1 aliphatic carbocycles. The Bertz CT molecular complexity index is 158. The van der Waals surface area contributed by atoms with E-state index in [4.69, 9.17) is 5.73 Å². The Balaban J connectivity index is 2.47. The Morgan fingerprint density at radius 2 is 2.09 bits per heavy atom. The van der Waals surface area contributed by atoms with Crippen LogP contribution in [-0.4, -0.2) is 6.04 Å². The first-order chi connectivity index (χ1) is 5.29. The molecule has 11 heavy (non-hydrogen) atoms. The van der Waals surface area contributed by atoms with Crippen LogP contribution < -0.4 is 5.73 Å². The Kier molecular flexibility index (Phi) is 3.37. The van der Waals surface area contributed by atoms with Crippen molar-refractivity contribution in [2.45, 2.75) is 32.2 Å². The Labute approximate surface area is 69.0 Å². The quantitative estimate of drug-likeness (QED) is 0.564. The van der Waals surface area contributed by atoms with Crippen molar-refractivity contribution >= 4 is 0 Å². The van der Waals surface area contributed by atoms with Gasteiger partial charge >= 0.3 is 0 Å². The molecule has 0 aromatic carbocycles. The number of nitrogens with two attached hydrogens (primary N) is 1. The molecule has 0 bridgehead atoms. The molecular formula is C10H17N. The zero-order chi connectivity index (χ0) is 8.10. The highest BCUT2D eigenvalue weighted by Crippen LogP contribution is 2.12. The molecule has 1 aliphatic rings. The topological polar surface area (TPSA) is 26.0 Å². The lowest BCUT2D eigenvalue weighted by molar-refractivity contribution is 0.530. The van der Waals surface area contributed by atoms with Gasteiger partial charge in [-0.1, -0.05) is 31.2 Å². The van der Waals surface area contributed by atoms with Crippen molar-refractivity contribution in [3.63, 3.8) is 0 Å². The highest BCUT2D eigenvalue weighted by atomic mass is 14.6. The third-order valence-electron chi connectivity index (χ3n) is 2.12. The van der Waals surface area contributed by atoms with Crippen LogP contribution in [0.1, 0.15) is 26.2 Å². The third kappa shape index (κ3) is 3.38. The van der Waals surface area contributed by atoms with Crippen molar-refractivity contribution in [1.82, 2.24) is 0 Å². The minimum Gasteiger partial charge on any atom is -0.327 e. The molecule has 1 nitrogen and oxygen atoms in total. The molecule has 0 aliphatic heterocycles. The number of rotatable bonds is 0. The van der Waals surface area contributed by atoms with E-state index in [-0.39, 0.29) is 0 Å². The Hall–Kier alpha value is -0.560. The highest BCUT2D eigenvalue weighted by Gasteiger charge is 2.03. The molecule has 1 heteroatoms. The van der Waals surface area contributed by atoms with Crippen LogP contribution in [0.2, 0.25) is 0 Å². The molecule has 0 aromatic rings. The van der Waals surface area contributed by atoms with Crippen molar-refractivity contribution in [1.29, 1.82) is 0 Å². The third-order valence-corrected chi connectivity index (χ3v) is 2.12. The maximum Gasteiger partial charge on any atom is 0.00737 e. The van der Waals surface area contributed by atoms with E-state index in [2.05, 4.69) is 31.2 Å². The van der Waals surface area contributed by atoms with Crippen molar-refractivity contribution in [3.05, 3.63) is 24.3 Å². The van der Waals surface area contributed by atoms with Crippen LogP contribution in [0.3, 0.4) is 0 Å². The molecule has 0 fully saturated rings. The summed E-state index contributed by atoms with van der Waals surface area (Å²) in [6.45, 7) is 2.24. The summed E-state index contributed by atoms with van der Waals surface area (Å²) in [6, 6.07) is 0.369. The monoisotopic (exact) mass is 151 g/mol. The second-order valence-electron chi connectivity index (χ2n) is 3.36. The van der Waals surface area contributed by atoms with Crippen LogP contribution >= 0.6 is 0 Å². The zero-order valence-electron chi connectivity index (χ0n) is 7.16. The fourth-order valence-electron chi connectivity index (χ4n) is 1.28. The summed E-state index contributed by atoms with van der Waals surface area (Å²) in [5.74, 6) is 0.684. The molecular weight excluding hydrogens is 134 g/mol. The molecule has 2 atom stereocenters. The van der Waals surface area contributed by atoms with E-state index in [1.54, 1.807) is 0 Å². The van der Waals surface area contributed by atoms with Crippen molar-refractivity contribution in [3.8, 4) is 0 Å². The van der Waals surface area contributed by atoms with Crippen LogP contribution in [0.4, 0.5) is 0 Å². The van der Waals surface area contributed by atoms with E-state index in [9.17, 15) is 0 Å². The van der Waals surface area contributed by atoms with Crippen molar-refractivity contribution in [2.75, 3.05) is 0 Å². The Morgan fingerprint density at radius 3 is 2.91 bits per heavy atom. The van der Waals surface area contributed by atoms with E-state index >= 15 is 0 Å². The van der Waals surface area contributed by atoms with Gasteiger partial charge in [0.25, 0.3) is 0 Å². The summed E-state index contributed by atoms with van der Waals surface area (Å²) in [4.78, 5) is 0. The number of hydrogen-bond acceptors (Lipinski definition) is 1. The maximum absolute atomic E-state index is 5.86. The lowest BCUT2D eigenvalue weighted by Gasteiger charge is -2.09. The minimum absolute atomic E-state index is 0.369. The average Bonchev–Trinajstić information content (AvgIpc) is 2.06. The molecule has 0 saturated heterocycles. The molecule has 0 saturated carbocycles. The van der Waals surface area contributed by atoms with E-state index < -0.39 is 0 Å². The first kappa shape index (κ1) is 8.54. The molecule has 0 aromatic heterocycles. The standard InChI is InChI=1S/C10H17N/c1-9-5-3-2-4-6-10(11)8-7-9/h2-5,9-10H,6-8,11H2,1H3/b4-2-,5-3-. The normalized spacial score (nSPS) is 38.4. The molecule has 2 N–H and O–H groups in total. The van der Waals surface area contributed by atoms with Crippen LogP contribution in [0.5, 0.6) is 0 Å². The Morgan fingerprint density at radius 1 is 1.27 bits per heavy atom. The lowest BCUT2D eigenvalue weighted by Crippen LogP contribution is -2.19. The van der Waals surface area contributed by atoms with Gasteiger partial charge in [-0.2, -0.15) is 0 Å². The van der Waals surface area contributed by atoms with Gasteiger partial charge in [-0.05, 0) is 25.2 Å². The predicted molar refractivity (Wildman–Crippen MR) is 49.3 cm³/mol. The lowest BCUT2D eigenvalue weighted by atomic mass is 10.0. The van der Waals surface area contributed by atoms with Crippen LogP contribution in [0, 0.1) is 5.92 Å². The smallest absolute Gasteiger partial charge is 0.00737 e. The van der Waals surface area contributed by atoms with Crippen molar-refractivity contribution in [2.24, 2.45) is 11.7 Å². The van der Waals surface area contributed by atoms with Crippen LogP contribution in [-0.2, 0) is 0 Å². The summed E-state index contributed by atoms with van der Waals surface area (Å²) in [5.41, 5.74) is 5.86. The van der Waals surface area contributed by atoms with Crippen molar-refractivity contribution < 1.29 is 0 Å². The van der Waals surface area contributed by atoms with Gasteiger partial charge in [-0.25, -0.2) is 0 Å². The van der Waals surface area contributed by atoms with E-state index in [1.807, 2.05) is 0 Å². The maximum atomic E-state index is 5.86. The summed E-state index contributed by atoms with van der Waals surface area (Å²) in [7, 11) is 0. The van der Waals surface area contributed by atoms with Gasteiger partial charge in [-0.3, -0.25) is 0 Å². The molecule has 0 spiro atoms. The first-order valence-corrected chi connectivity index (χ1v) is 4.38. The average molecular weight is 151 g/mol. The number of allylic oxidation sites excluding steroid dienone is 3. The largest absolute Gasteiger partial charge is 0.327 e. The first-order valence-electron chi connectivity index (χ1n) is 4.38. The molecule has 62 valence electrons. The fraction of sp³-hybridized carbons (Fsp3) is 0.600. The predicted octanol–water partition coefficient (Wildman–Crippen LogP) is 2.25. The molecule has 0 amide bonds. The second-order valence-corrected chi connectivity index (χ2v) is 3.36. The van der Waals surface area contributed by atoms with Gasteiger partial charge in [0.15, 0.2) is 0 Å². The SMILES string of the molecule is CC1/C=C\C=C/CC(N)CC1. The van der Waals surface area contributed by atoms with Gasteiger partial charge in [0.1, 0.15) is 0 Å². The molecule has 0 radical (unpaired) electrons. The second kappa shape index (κ2) is 4.35. The van der Waals surface area contributed by atoms with Gasteiger partial charge in [-0.15, -0.1) is 0 Å². The fourth-order valence-corrected chi connectivity index (χ4v) is 1.28. The zero-order valence-corrected chi connectivity index (χ0v) is 7.16. The molecule has 1 rings (SSSR count). The summed E-state index contributed by atoms with van der Waals surface area (Å²) in [6.07, 6.45) is 12.0. The summed E-state index contributed by atoms with van der Waals surface area (Å²) in [5, 5.41) is 0. The van der Waals surface area contributed by atoms with Crippen LogP contribution in [0.25, 0.3) is 0 Å². The molecule has 2 unspecified atom stereocenters. The summed E-state index contributed by atoms with van der Waals surface area (Å²) >= 11 is 0. The van der Waals surface area contributed by atoms with Gasteiger partial charge in [0.05, 0.1) is 0 Å². The van der Waals surface area contributed by atoms with E-state index in [0.717, 1.165) is 12.8 Å². The van der Waals surface area contributed by atoms with E-state index in [1.165, 1.54) is 6.42 Å². The van der Waals surface area contributed by atoms with Gasteiger partial charge in [0, 0.05) is 6.04 Å². The highest BCUT2D eigenvalue weighted by molar-refractivity contribution is 5.05. The number of hydrogen-bond donors (Lipinski definition) is 1. The minimum atomic E-state index is 0.369. The summed E-state index contributed by atoms with van der Waals surface area (Å²) < 4.78 is 0. The van der Waals surface area contributed by atoms with Crippen LogP contribution in [0.15, 0.2) is 24.3 Å². The van der Waals surface area contributed by atoms with Gasteiger partial charge in [0.2, 0.25) is 0 Å². The molecule has 0 heterocycles. The van der Waals surface area contributed by atoms with Gasteiger partial charge < -0.3 is 5.73 Å². The van der Waals surface area contributed by atoms with E-state index in [0.29, 0.717) is 12.0 Å².